The molecule has 2 nitrogen and oxygen atoms in total. The fourth-order valence-corrected chi connectivity index (χ4v) is 2.12. The van der Waals surface area contributed by atoms with E-state index in [0.717, 1.165) is 0 Å². The van der Waals surface area contributed by atoms with Crippen LogP contribution >= 0.6 is 11.8 Å². The van der Waals surface area contributed by atoms with Crippen LogP contribution in [0.1, 0.15) is 0 Å². The van der Waals surface area contributed by atoms with Crippen LogP contribution in [0.4, 0.5) is 35.1 Å². The minimum atomic E-state index is -2.09. The molecular formula is C10F8N2S. The molecule has 2 aromatic heterocycles. The molecule has 11 heteroatoms. The summed E-state index contributed by atoms with van der Waals surface area (Å²) < 4.78 is 104. The van der Waals surface area contributed by atoms with Crippen LogP contribution in [0, 0.1) is 47.1 Å². The van der Waals surface area contributed by atoms with Gasteiger partial charge in [0.25, 0.3) is 23.8 Å². The van der Waals surface area contributed by atoms with Crippen LogP contribution in [0.15, 0.2) is 9.79 Å². The van der Waals surface area contributed by atoms with E-state index in [1.54, 1.807) is 0 Å². The first kappa shape index (κ1) is 15.5. The van der Waals surface area contributed by atoms with E-state index in [2.05, 4.69) is 9.97 Å². The molecule has 0 amide bonds. The molecule has 0 unspecified atom stereocenters. The minimum absolute atomic E-state index is 0.589. The van der Waals surface area contributed by atoms with Gasteiger partial charge in [-0.05, 0) is 0 Å². The monoisotopic (exact) mass is 332 g/mol. The molecule has 0 aliphatic rings. The average Bonchev–Trinajstić information content (AvgIpc) is 2.42. The predicted octanol–water partition coefficient (Wildman–Crippen LogP) is 3.74. The van der Waals surface area contributed by atoms with Gasteiger partial charge in [-0.1, -0.05) is 11.8 Å². The van der Waals surface area contributed by atoms with Crippen LogP contribution < -0.4 is 0 Å². The zero-order valence-electron chi connectivity index (χ0n) is 9.33. The molecule has 2 heterocycles. The lowest BCUT2D eigenvalue weighted by atomic mass is 10.4. The van der Waals surface area contributed by atoms with E-state index in [1.807, 2.05) is 0 Å². The van der Waals surface area contributed by atoms with Crippen molar-refractivity contribution in [3.8, 4) is 0 Å². The van der Waals surface area contributed by atoms with Crippen LogP contribution in [0.3, 0.4) is 0 Å². The van der Waals surface area contributed by atoms with E-state index in [4.69, 9.17) is 0 Å². The summed E-state index contributed by atoms with van der Waals surface area (Å²) in [6.07, 6.45) is 0. The molecular weight excluding hydrogens is 332 g/mol. The van der Waals surface area contributed by atoms with Crippen molar-refractivity contribution in [2.24, 2.45) is 0 Å². The summed E-state index contributed by atoms with van der Waals surface area (Å²) in [5.41, 5.74) is 0. The Kier molecular flexibility index (Phi) is 4.03. The van der Waals surface area contributed by atoms with Gasteiger partial charge in [0.15, 0.2) is 23.3 Å². The number of hydrogen-bond donors (Lipinski definition) is 0. The van der Waals surface area contributed by atoms with Crippen molar-refractivity contribution in [2.75, 3.05) is 0 Å². The third-order valence-corrected chi connectivity index (χ3v) is 3.24. The largest absolute Gasteiger partial charge is 0.252 e. The summed E-state index contributed by atoms with van der Waals surface area (Å²) in [4.78, 5) is 1.31. The molecule has 2 aromatic rings. The second-order valence-corrected chi connectivity index (χ2v) is 4.42. The summed E-state index contributed by atoms with van der Waals surface area (Å²) >= 11 is -0.589. The first-order chi connectivity index (χ1) is 9.73. The van der Waals surface area contributed by atoms with Crippen molar-refractivity contribution in [3.05, 3.63) is 47.1 Å². The molecule has 0 aliphatic carbocycles. The lowest BCUT2D eigenvalue weighted by Gasteiger charge is -2.08. The predicted molar refractivity (Wildman–Crippen MR) is 52.3 cm³/mol. The highest BCUT2D eigenvalue weighted by Crippen LogP contribution is 2.37. The molecule has 21 heavy (non-hydrogen) atoms. The Morgan fingerprint density at radius 2 is 0.714 bits per heavy atom. The first-order valence-electron chi connectivity index (χ1n) is 4.81. The van der Waals surface area contributed by atoms with E-state index in [0.29, 0.717) is 0 Å². The Morgan fingerprint density at radius 1 is 0.476 bits per heavy atom. The van der Waals surface area contributed by atoms with E-state index in [1.165, 1.54) is 0 Å². The Morgan fingerprint density at radius 3 is 0.952 bits per heavy atom. The number of pyridine rings is 2. The Bertz CT molecular complexity index is 622. The quantitative estimate of drug-likeness (QED) is 0.619. The maximum atomic E-state index is 13.3. The number of hydrogen-bond acceptors (Lipinski definition) is 3. The Labute approximate surface area is 114 Å². The van der Waals surface area contributed by atoms with Crippen LogP contribution in [0.2, 0.25) is 0 Å². The van der Waals surface area contributed by atoms with E-state index in [9.17, 15) is 35.1 Å². The van der Waals surface area contributed by atoms with Crippen LogP contribution in [0.25, 0.3) is 0 Å². The highest BCUT2D eigenvalue weighted by molar-refractivity contribution is 7.99. The fraction of sp³-hybridized carbons (Fsp3) is 0. The van der Waals surface area contributed by atoms with Gasteiger partial charge in [-0.25, -0.2) is 17.6 Å². The zero-order valence-corrected chi connectivity index (χ0v) is 10.1. The molecule has 0 atom stereocenters. The van der Waals surface area contributed by atoms with Crippen molar-refractivity contribution >= 4 is 11.8 Å². The molecule has 0 N–H and O–H groups in total. The highest BCUT2D eigenvalue weighted by atomic mass is 32.2. The van der Waals surface area contributed by atoms with Crippen LogP contribution in [-0.2, 0) is 0 Å². The number of aromatic nitrogens is 2. The third-order valence-electron chi connectivity index (χ3n) is 2.12. The summed E-state index contributed by atoms with van der Waals surface area (Å²) in [5, 5.41) is 0. The number of rotatable bonds is 2. The summed E-state index contributed by atoms with van der Waals surface area (Å²) in [6, 6.07) is 0. The molecule has 0 bridgehead atoms. The van der Waals surface area contributed by atoms with Gasteiger partial charge in [0, 0.05) is 0 Å². The van der Waals surface area contributed by atoms with Crippen molar-refractivity contribution in [2.45, 2.75) is 9.79 Å². The zero-order chi connectivity index (χ0) is 15.9. The molecule has 0 radical (unpaired) electrons. The molecule has 0 saturated carbocycles. The molecule has 0 aromatic carbocycles. The van der Waals surface area contributed by atoms with Gasteiger partial charge in [-0.15, -0.1) is 0 Å². The minimum Gasteiger partial charge on any atom is -0.201 e. The fourth-order valence-electron chi connectivity index (χ4n) is 1.22. The number of nitrogens with zero attached hydrogens (tertiary/aromatic N) is 2. The van der Waals surface area contributed by atoms with E-state index >= 15 is 0 Å². The summed E-state index contributed by atoms with van der Waals surface area (Å²) in [7, 11) is 0. The second-order valence-electron chi connectivity index (χ2n) is 3.40. The first-order valence-corrected chi connectivity index (χ1v) is 5.63. The SMILES string of the molecule is Fc1nc(F)c(F)c(Sc2c(F)c(F)nc(F)c2F)c1F. The van der Waals surface area contributed by atoms with Crippen LogP contribution in [0.5, 0.6) is 0 Å². The van der Waals surface area contributed by atoms with Gasteiger partial charge in [0.05, 0.1) is 9.79 Å². The molecule has 112 valence electrons. The molecule has 0 fully saturated rings. The van der Waals surface area contributed by atoms with Gasteiger partial charge in [0.2, 0.25) is 0 Å². The summed E-state index contributed by atoms with van der Waals surface area (Å²) in [6.45, 7) is 0. The van der Waals surface area contributed by atoms with Crippen molar-refractivity contribution in [3.63, 3.8) is 0 Å². The topological polar surface area (TPSA) is 25.8 Å². The van der Waals surface area contributed by atoms with Crippen molar-refractivity contribution in [1.29, 1.82) is 0 Å². The average molecular weight is 332 g/mol. The van der Waals surface area contributed by atoms with Crippen molar-refractivity contribution in [1.82, 2.24) is 9.97 Å². The Hall–Kier alpha value is -1.91. The molecule has 2 rings (SSSR count). The van der Waals surface area contributed by atoms with E-state index in [-0.39, 0.29) is 0 Å². The van der Waals surface area contributed by atoms with Gasteiger partial charge in [-0.2, -0.15) is 27.5 Å². The lowest BCUT2D eigenvalue weighted by Crippen LogP contribution is -2.05. The van der Waals surface area contributed by atoms with Gasteiger partial charge < -0.3 is 0 Å². The Balaban J connectivity index is 2.64. The smallest absolute Gasteiger partial charge is 0.201 e. The second kappa shape index (κ2) is 5.47. The standard InChI is InChI=1S/C10F8N2S/c11-1-5(2(12)8(16)19-7(1)15)21-6-3(13)9(17)20-10(18)4(6)14. The number of halogens is 8. The lowest BCUT2D eigenvalue weighted by molar-refractivity contribution is 0.377. The van der Waals surface area contributed by atoms with Crippen molar-refractivity contribution < 1.29 is 35.1 Å². The normalized spacial score (nSPS) is 11.0. The molecule has 0 saturated heterocycles. The van der Waals surface area contributed by atoms with Gasteiger partial charge >= 0.3 is 0 Å². The van der Waals surface area contributed by atoms with Crippen LogP contribution in [-0.4, -0.2) is 9.97 Å². The highest BCUT2D eigenvalue weighted by Gasteiger charge is 2.27. The van der Waals surface area contributed by atoms with Gasteiger partial charge in [0.1, 0.15) is 0 Å². The maximum Gasteiger partial charge on any atom is 0.252 e. The molecule has 0 aliphatic heterocycles. The summed E-state index contributed by atoms with van der Waals surface area (Å²) in [5.74, 6) is -16.7. The van der Waals surface area contributed by atoms with Gasteiger partial charge in [-0.3, -0.25) is 0 Å². The molecule has 0 spiro atoms. The van der Waals surface area contributed by atoms with E-state index < -0.39 is 68.6 Å². The maximum absolute atomic E-state index is 13.3. The third kappa shape index (κ3) is 2.64.